The summed E-state index contributed by atoms with van der Waals surface area (Å²) in [7, 11) is 0. The van der Waals surface area contributed by atoms with Crippen LogP contribution in [-0.2, 0) is 9.53 Å². The fraction of sp³-hybridized carbons (Fsp3) is 0.472. The lowest BCUT2D eigenvalue weighted by Gasteiger charge is -2.36. The van der Waals surface area contributed by atoms with E-state index in [1.807, 2.05) is 65.1 Å². The molecular weight excluding hydrogens is 580 g/mol. The lowest BCUT2D eigenvalue weighted by atomic mass is 9.95. The van der Waals surface area contributed by atoms with Crippen LogP contribution in [0.15, 0.2) is 53.3 Å². The number of dihydropyridines is 1. The number of aromatic nitrogens is 2. The van der Waals surface area contributed by atoms with Crippen LogP contribution in [-0.4, -0.2) is 76.4 Å². The maximum atomic E-state index is 13.8. The first kappa shape index (κ1) is 32.9. The Hall–Kier alpha value is -4.47. The Balaban J connectivity index is 1.40. The number of rotatable bonds is 7. The van der Waals surface area contributed by atoms with Crippen molar-refractivity contribution in [1.29, 1.82) is 0 Å². The Morgan fingerprint density at radius 2 is 1.78 bits per heavy atom. The van der Waals surface area contributed by atoms with Gasteiger partial charge in [-0.3, -0.25) is 9.59 Å². The molecule has 10 heteroatoms. The van der Waals surface area contributed by atoms with Crippen LogP contribution < -0.4 is 10.2 Å². The quantitative estimate of drug-likeness (QED) is 0.328. The van der Waals surface area contributed by atoms with Gasteiger partial charge in [0.2, 0.25) is 0 Å². The SMILES string of the molecule is CC[C@H](C)n1cc(C)c2c(C(=O)NCC3C(=O)N=C(C)C=C3C)cc(-c3ccc(N4CCN(C(=O)OC(C)(C)C)CC4)nc3)cc21. The molecule has 2 aromatic heterocycles. The Bertz CT molecular complexity index is 1700. The number of benzene rings is 1. The van der Waals surface area contributed by atoms with Gasteiger partial charge in [0.1, 0.15) is 11.4 Å². The number of anilines is 1. The molecule has 0 radical (unpaired) electrons. The van der Waals surface area contributed by atoms with Gasteiger partial charge in [0.15, 0.2) is 0 Å². The number of pyridine rings is 1. The van der Waals surface area contributed by atoms with Crippen LogP contribution in [0.4, 0.5) is 10.6 Å². The summed E-state index contributed by atoms with van der Waals surface area (Å²) in [5, 5.41) is 3.94. The fourth-order valence-electron chi connectivity index (χ4n) is 6.13. The summed E-state index contributed by atoms with van der Waals surface area (Å²) in [5.41, 5.74) is 5.42. The van der Waals surface area contributed by atoms with E-state index in [1.54, 1.807) is 11.8 Å². The van der Waals surface area contributed by atoms with E-state index in [1.165, 1.54) is 0 Å². The zero-order valence-corrected chi connectivity index (χ0v) is 28.3. The molecule has 1 fully saturated rings. The molecule has 1 saturated heterocycles. The van der Waals surface area contributed by atoms with Crippen molar-refractivity contribution in [2.75, 3.05) is 37.6 Å². The molecule has 1 N–H and O–H groups in total. The molecule has 0 bridgehead atoms. The number of hydrogen-bond donors (Lipinski definition) is 1. The first-order valence-electron chi connectivity index (χ1n) is 16.2. The number of aryl methyl sites for hydroxylation is 1. The number of carbonyl (C=O) groups is 3. The second-order valence-electron chi connectivity index (χ2n) is 13.5. The molecule has 1 unspecified atom stereocenters. The van der Waals surface area contributed by atoms with Crippen molar-refractivity contribution in [1.82, 2.24) is 19.8 Å². The van der Waals surface area contributed by atoms with Crippen molar-refractivity contribution in [3.8, 4) is 11.1 Å². The van der Waals surface area contributed by atoms with E-state index in [4.69, 9.17) is 9.72 Å². The van der Waals surface area contributed by atoms with Gasteiger partial charge >= 0.3 is 6.09 Å². The van der Waals surface area contributed by atoms with Crippen molar-refractivity contribution >= 4 is 40.3 Å². The topological polar surface area (TPSA) is 109 Å². The molecule has 3 aromatic rings. The largest absolute Gasteiger partial charge is 0.444 e. The number of nitrogens with one attached hydrogen (secondary N) is 1. The highest BCUT2D eigenvalue weighted by Gasteiger charge is 2.28. The Kier molecular flexibility index (Phi) is 9.37. The molecule has 0 spiro atoms. The van der Waals surface area contributed by atoms with Crippen LogP contribution in [0, 0.1) is 12.8 Å². The molecule has 10 nitrogen and oxygen atoms in total. The summed E-state index contributed by atoms with van der Waals surface area (Å²) in [6.07, 6.45) is 6.51. The first-order valence-corrected chi connectivity index (χ1v) is 16.2. The minimum Gasteiger partial charge on any atom is -0.444 e. The van der Waals surface area contributed by atoms with Crippen LogP contribution in [0.25, 0.3) is 22.0 Å². The van der Waals surface area contributed by atoms with Crippen molar-refractivity contribution < 1.29 is 19.1 Å². The number of fused-ring (bicyclic) bond motifs is 1. The monoisotopic (exact) mass is 626 g/mol. The van der Waals surface area contributed by atoms with Crippen LogP contribution in [0.2, 0.25) is 0 Å². The molecule has 46 heavy (non-hydrogen) atoms. The normalized spacial score (nSPS) is 17.9. The van der Waals surface area contributed by atoms with E-state index in [0.29, 0.717) is 37.5 Å². The van der Waals surface area contributed by atoms with Crippen molar-refractivity contribution in [2.45, 2.75) is 73.5 Å². The zero-order valence-electron chi connectivity index (χ0n) is 28.3. The maximum absolute atomic E-state index is 13.8. The summed E-state index contributed by atoms with van der Waals surface area (Å²) in [6, 6.07) is 8.33. The van der Waals surface area contributed by atoms with Crippen molar-refractivity contribution in [2.24, 2.45) is 10.9 Å². The van der Waals surface area contributed by atoms with E-state index in [0.717, 1.165) is 45.4 Å². The standard InChI is InChI=1S/C36H46N6O4/c1-9-25(5)42-21-23(3)32-28(33(43)38-20-29-22(2)16-24(4)39-34(29)44)17-27(18-30(32)42)26-10-11-31(37-19-26)40-12-14-41(15-13-40)35(45)46-36(6,7)8/h10-11,16-19,21,25,29H,9,12-15,20H2,1-8H3,(H,38,43)/t25-,29?/m0/s1. The van der Waals surface area contributed by atoms with Gasteiger partial charge in [0.25, 0.3) is 11.8 Å². The molecule has 2 atom stereocenters. The minimum absolute atomic E-state index is 0.186. The van der Waals surface area contributed by atoms with Crippen molar-refractivity contribution in [3.63, 3.8) is 0 Å². The molecule has 244 valence electrons. The Morgan fingerprint density at radius 3 is 2.39 bits per heavy atom. The Labute approximate surface area is 271 Å². The minimum atomic E-state index is -0.525. The molecule has 4 heterocycles. The number of aliphatic imine (C=N–C) groups is 1. The van der Waals surface area contributed by atoms with E-state index >= 15 is 0 Å². The summed E-state index contributed by atoms with van der Waals surface area (Å²) >= 11 is 0. The third kappa shape index (κ3) is 7.00. The molecule has 2 aliphatic rings. The molecule has 0 saturated carbocycles. The number of nitrogens with zero attached hydrogens (tertiary/aromatic N) is 5. The Morgan fingerprint density at radius 1 is 1.07 bits per heavy atom. The lowest BCUT2D eigenvalue weighted by molar-refractivity contribution is -0.120. The number of amides is 3. The van der Waals surface area contributed by atoms with E-state index < -0.39 is 11.5 Å². The zero-order chi connectivity index (χ0) is 33.3. The predicted molar refractivity (Wildman–Crippen MR) is 183 cm³/mol. The van der Waals surface area contributed by atoms with E-state index in [2.05, 4.69) is 45.9 Å². The highest BCUT2D eigenvalue weighted by molar-refractivity contribution is 6.10. The summed E-state index contributed by atoms with van der Waals surface area (Å²) in [6.45, 7) is 18.3. The van der Waals surface area contributed by atoms with Gasteiger partial charge in [0.05, 0.1) is 5.92 Å². The molecule has 0 aliphatic carbocycles. The molecule has 2 aliphatic heterocycles. The van der Waals surface area contributed by atoms with Crippen LogP contribution in [0.5, 0.6) is 0 Å². The van der Waals surface area contributed by atoms with Crippen LogP contribution in [0.1, 0.15) is 76.9 Å². The average Bonchev–Trinajstić information content (AvgIpc) is 3.35. The van der Waals surface area contributed by atoms with Crippen LogP contribution >= 0.6 is 0 Å². The smallest absolute Gasteiger partial charge is 0.410 e. The van der Waals surface area contributed by atoms with Gasteiger partial charge < -0.3 is 24.4 Å². The molecule has 3 amide bonds. The number of hydrogen-bond acceptors (Lipinski definition) is 6. The number of piperazine rings is 1. The molecule has 5 rings (SSSR count). The lowest BCUT2D eigenvalue weighted by Crippen LogP contribution is -2.50. The second-order valence-corrected chi connectivity index (χ2v) is 13.5. The third-order valence-electron chi connectivity index (χ3n) is 8.81. The second kappa shape index (κ2) is 13.1. The number of ether oxygens (including phenoxy) is 1. The summed E-state index contributed by atoms with van der Waals surface area (Å²) in [4.78, 5) is 51.7. The average molecular weight is 627 g/mol. The van der Waals surface area contributed by atoms with Gasteiger partial charge in [0, 0.05) is 78.9 Å². The maximum Gasteiger partial charge on any atom is 0.410 e. The summed E-state index contributed by atoms with van der Waals surface area (Å²) < 4.78 is 7.77. The van der Waals surface area contributed by atoms with Gasteiger partial charge in [-0.15, -0.1) is 0 Å². The van der Waals surface area contributed by atoms with Gasteiger partial charge in [-0.25, -0.2) is 14.8 Å². The third-order valence-corrected chi connectivity index (χ3v) is 8.81. The summed E-state index contributed by atoms with van der Waals surface area (Å²) in [5.74, 6) is -0.0896. The van der Waals surface area contributed by atoms with E-state index in [9.17, 15) is 14.4 Å². The molecular formula is C36H46N6O4. The molecule has 1 aromatic carbocycles. The fourth-order valence-corrected chi connectivity index (χ4v) is 6.13. The van der Waals surface area contributed by atoms with Crippen molar-refractivity contribution in [3.05, 3.63) is 59.4 Å². The highest BCUT2D eigenvalue weighted by Crippen LogP contribution is 2.34. The predicted octanol–water partition coefficient (Wildman–Crippen LogP) is 6.33. The van der Waals surface area contributed by atoms with Gasteiger partial charge in [-0.2, -0.15) is 0 Å². The highest BCUT2D eigenvalue weighted by atomic mass is 16.6. The van der Waals surface area contributed by atoms with Gasteiger partial charge in [-0.05, 0) is 96.4 Å². The van der Waals surface area contributed by atoms with E-state index in [-0.39, 0.29) is 30.5 Å². The first-order chi connectivity index (χ1) is 21.8. The number of carbonyl (C=O) groups excluding carboxylic acids is 3. The van der Waals surface area contributed by atoms with Crippen LogP contribution in [0.3, 0.4) is 0 Å². The number of allylic oxidation sites excluding steroid dienone is 1. The van der Waals surface area contributed by atoms with Gasteiger partial charge in [-0.1, -0.05) is 12.5 Å².